The Morgan fingerprint density at radius 2 is 1.44 bits per heavy atom. The van der Waals surface area contributed by atoms with Crippen molar-refractivity contribution >= 4 is 29.6 Å². The molecule has 8 heteroatoms. The molecule has 0 aromatic carbocycles. The molecule has 2 atom stereocenters. The van der Waals surface area contributed by atoms with Gasteiger partial charge >= 0.3 is 12.1 Å². The maximum absolute atomic E-state index is 12.6. The lowest BCUT2D eigenvalue weighted by molar-refractivity contribution is -0.154. The summed E-state index contributed by atoms with van der Waals surface area (Å²) in [5.41, 5.74) is 0. The van der Waals surface area contributed by atoms with Gasteiger partial charge in [-0.05, 0) is 26.7 Å². The third-order valence-electron chi connectivity index (χ3n) is 4.49. The molecule has 0 aromatic heterocycles. The first-order valence-corrected chi connectivity index (χ1v) is 10.2. The molecule has 0 aliphatic carbocycles. The summed E-state index contributed by atoms with van der Waals surface area (Å²) in [6.45, 7) is 5.91. The Labute approximate surface area is 168 Å². The fourth-order valence-corrected chi connectivity index (χ4v) is 2.39. The van der Waals surface area contributed by atoms with E-state index in [1.54, 1.807) is 13.8 Å². The van der Waals surface area contributed by atoms with Crippen molar-refractivity contribution in [2.75, 3.05) is 33.2 Å². The quantitative estimate of drug-likeness (QED) is 0.266. The molecule has 0 fully saturated rings. The molecule has 158 valence electrons. The molecule has 0 radical (unpaired) electrons. The zero-order chi connectivity index (χ0) is 20.8. The Bertz CT molecular complexity index is 461. The van der Waals surface area contributed by atoms with Crippen molar-refractivity contribution < 1.29 is 23.9 Å². The highest BCUT2D eigenvalue weighted by Gasteiger charge is 2.31. The van der Waals surface area contributed by atoms with E-state index in [0.29, 0.717) is 18.9 Å². The molecule has 0 heterocycles. The summed E-state index contributed by atoms with van der Waals surface area (Å²) in [6, 6.07) is -1.49. The SMILES string of the molecule is CCCCCCCOC(=O)C(C)N(C)C(=O)C(C)N(C)C(=O)OCCCCl. The highest BCUT2D eigenvalue weighted by atomic mass is 35.5. The van der Waals surface area contributed by atoms with Crippen LogP contribution < -0.4 is 0 Å². The first-order valence-electron chi connectivity index (χ1n) is 9.66. The number of esters is 1. The molecule has 0 saturated carbocycles. The smallest absolute Gasteiger partial charge is 0.410 e. The zero-order valence-corrected chi connectivity index (χ0v) is 18.1. The number of alkyl halides is 1. The maximum Gasteiger partial charge on any atom is 0.410 e. The van der Waals surface area contributed by atoms with Crippen LogP contribution in [0.5, 0.6) is 0 Å². The Morgan fingerprint density at radius 3 is 2.04 bits per heavy atom. The number of hydrogen-bond acceptors (Lipinski definition) is 5. The van der Waals surface area contributed by atoms with E-state index in [2.05, 4.69) is 6.92 Å². The van der Waals surface area contributed by atoms with Gasteiger partial charge in [-0.1, -0.05) is 32.6 Å². The second-order valence-electron chi connectivity index (χ2n) is 6.65. The first kappa shape index (κ1) is 25.5. The van der Waals surface area contributed by atoms with Crippen LogP contribution >= 0.6 is 11.6 Å². The standard InChI is InChI=1S/C19H35ClN2O5/c1-6-7-8-9-10-13-26-18(24)16(3)21(4)17(23)15(2)22(5)19(25)27-14-11-12-20/h15-16H,6-14H2,1-5H3. The van der Waals surface area contributed by atoms with Gasteiger partial charge in [-0.25, -0.2) is 9.59 Å². The van der Waals surface area contributed by atoms with E-state index in [1.165, 1.54) is 30.3 Å². The summed E-state index contributed by atoms with van der Waals surface area (Å²) in [4.78, 5) is 39.1. The van der Waals surface area contributed by atoms with Gasteiger partial charge in [-0.15, -0.1) is 11.6 Å². The summed E-state index contributed by atoms with van der Waals surface area (Å²) in [5, 5.41) is 0. The minimum Gasteiger partial charge on any atom is -0.464 e. The average molecular weight is 407 g/mol. The number of rotatable bonds is 13. The topological polar surface area (TPSA) is 76.2 Å². The van der Waals surface area contributed by atoms with E-state index in [4.69, 9.17) is 21.1 Å². The lowest BCUT2D eigenvalue weighted by Gasteiger charge is -2.30. The molecule has 7 nitrogen and oxygen atoms in total. The molecule has 0 rings (SSSR count). The number of ether oxygens (including phenoxy) is 2. The van der Waals surface area contributed by atoms with Gasteiger partial charge in [-0.2, -0.15) is 0 Å². The van der Waals surface area contributed by atoms with Crippen LogP contribution in [0, 0.1) is 0 Å². The number of carbonyl (C=O) groups is 3. The molecule has 0 N–H and O–H groups in total. The highest BCUT2D eigenvalue weighted by Crippen LogP contribution is 2.09. The van der Waals surface area contributed by atoms with Crippen LogP contribution in [0.15, 0.2) is 0 Å². The second kappa shape index (κ2) is 14.5. The average Bonchev–Trinajstić information content (AvgIpc) is 2.67. The molecule has 0 aliphatic heterocycles. The minimum atomic E-state index is -0.761. The summed E-state index contributed by atoms with van der Waals surface area (Å²) in [7, 11) is 3.01. The maximum atomic E-state index is 12.6. The third-order valence-corrected chi connectivity index (χ3v) is 4.76. The predicted molar refractivity (Wildman–Crippen MR) is 106 cm³/mol. The van der Waals surface area contributed by atoms with Gasteiger partial charge < -0.3 is 14.4 Å². The van der Waals surface area contributed by atoms with E-state index >= 15 is 0 Å². The molecule has 0 aromatic rings. The molecule has 0 saturated heterocycles. The van der Waals surface area contributed by atoms with Crippen molar-refractivity contribution in [3.05, 3.63) is 0 Å². The number of halogens is 1. The molecule has 2 amide bonds. The Hall–Kier alpha value is -1.50. The normalized spacial score (nSPS) is 12.8. The van der Waals surface area contributed by atoms with Gasteiger partial charge in [0, 0.05) is 20.0 Å². The van der Waals surface area contributed by atoms with E-state index in [0.717, 1.165) is 25.7 Å². The van der Waals surface area contributed by atoms with Crippen molar-refractivity contribution in [3.8, 4) is 0 Å². The van der Waals surface area contributed by atoms with E-state index in [-0.39, 0.29) is 12.5 Å². The van der Waals surface area contributed by atoms with Crippen LogP contribution in [0.3, 0.4) is 0 Å². The van der Waals surface area contributed by atoms with Crippen LogP contribution in [0.4, 0.5) is 4.79 Å². The van der Waals surface area contributed by atoms with Crippen molar-refractivity contribution in [3.63, 3.8) is 0 Å². The number of likely N-dealkylation sites (N-methyl/N-ethyl adjacent to an activating group) is 2. The molecular weight excluding hydrogens is 372 g/mol. The monoisotopic (exact) mass is 406 g/mol. The van der Waals surface area contributed by atoms with Crippen molar-refractivity contribution in [2.45, 2.75) is 71.4 Å². The summed E-state index contributed by atoms with van der Waals surface area (Å²) >= 11 is 5.54. The number of unbranched alkanes of at least 4 members (excludes halogenated alkanes) is 4. The van der Waals surface area contributed by atoms with Gasteiger partial charge in [0.25, 0.3) is 0 Å². The predicted octanol–water partition coefficient (Wildman–Crippen LogP) is 3.43. The van der Waals surface area contributed by atoms with Gasteiger partial charge in [0.05, 0.1) is 13.2 Å². The van der Waals surface area contributed by atoms with Crippen LogP contribution in [0.2, 0.25) is 0 Å². The van der Waals surface area contributed by atoms with Gasteiger partial charge in [0.2, 0.25) is 5.91 Å². The van der Waals surface area contributed by atoms with Crippen molar-refractivity contribution in [1.82, 2.24) is 9.80 Å². The molecule has 2 unspecified atom stereocenters. The summed E-state index contributed by atoms with van der Waals surface area (Å²) < 4.78 is 10.3. The number of nitrogens with zero attached hydrogens (tertiary/aromatic N) is 2. The minimum absolute atomic E-state index is 0.199. The molecule has 0 aliphatic rings. The van der Waals surface area contributed by atoms with Gasteiger partial charge in [0.15, 0.2) is 0 Å². The van der Waals surface area contributed by atoms with Crippen LogP contribution in [-0.4, -0.2) is 73.0 Å². The lowest BCUT2D eigenvalue weighted by atomic mass is 10.2. The largest absolute Gasteiger partial charge is 0.464 e. The molecular formula is C19H35ClN2O5. The van der Waals surface area contributed by atoms with Gasteiger partial charge in [0.1, 0.15) is 12.1 Å². The number of amides is 2. The number of hydrogen-bond donors (Lipinski definition) is 0. The molecule has 27 heavy (non-hydrogen) atoms. The summed E-state index contributed by atoms with van der Waals surface area (Å²) in [6.07, 6.45) is 5.27. The lowest BCUT2D eigenvalue weighted by Crippen LogP contribution is -2.51. The Balaban J connectivity index is 4.41. The third kappa shape index (κ3) is 9.84. The van der Waals surface area contributed by atoms with E-state index < -0.39 is 24.1 Å². The van der Waals surface area contributed by atoms with Crippen molar-refractivity contribution in [2.24, 2.45) is 0 Å². The van der Waals surface area contributed by atoms with Crippen LogP contribution in [-0.2, 0) is 19.1 Å². The fourth-order valence-electron chi connectivity index (χ4n) is 2.28. The molecule has 0 spiro atoms. The first-order chi connectivity index (χ1) is 12.8. The van der Waals surface area contributed by atoms with Crippen molar-refractivity contribution in [1.29, 1.82) is 0 Å². The second-order valence-corrected chi connectivity index (χ2v) is 7.03. The molecule has 0 bridgehead atoms. The van der Waals surface area contributed by atoms with Gasteiger partial charge in [-0.3, -0.25) is 9.69 Å². The zero-order valence-electron chi connectivity index (χ0n) is 17.3. The fraction of sp³-hybridized carbons (Fsp3) is 0.842. The highest BCUT2D eigenvalue weighted by molar-refractivity contribution is 6.17. The van der Waals surface area contributed by atoms with Crippen LogP contribution in [0.1, 0.15) is 59.3 Å². The van der Waals surface area contributed by atoms with E-state index in [1.807, 2.05) is 0 Å². The van der Waals surface area contributed by atoms with Crippen LogP contribution in [0.25, 0.3) is 0 Å². The van der Waals surface area contributed by atoms with E-state index in [9.17, 15) is 14.4 Å². The Kier molecular flexibility index (Phi) is 13.7. The summed E-state index contributed by atoms with van der Waals surface area (Å²) in [5.74, 6) is -0.410. The Morgan fingerprint density at radius 1 is 0.852 bits per heavy atom. The number of carbonyl (C=O) groups excluding carboxylic acids is 3.